The average molecular weight is 294 g/mol. The molecule has 1 aliphatic rings. The molecule has 0 heterocycles. The molecule has 0 saturated heterocycles. The summed E-state index contributed by atoms with van der Waals surface area (Å²) >= 11 is 0. The van der Waals surface area contributed by atoms with Gasteiger partial charge in [-0.25, -0.2) is 0 Å². The molecule has 0 unspecified atom stereocenters. The Balaban J connectivity index is 0.00000180. The molecule has 0 aromatic heterocycles. The van der Waals surface area contributed by atoms with Crippen molar-refractivity contribution in [3.05, 3.63) is 24.3 Å². The molecule has 1 aromatic carbocycles. The van der Waals surface area contributed by atoms with Crippen LogP contribution in [0.4, 0.5) is 0 Å². The summed E-state index contributed by atoms with van der Waals surface area (Å²) in [4.78, 5) is -0.106. The molecule has 1 aromatic rings. The molecule has 2 rings (SSSR count). The summed E-state index contributed by atoms with van der Waals surface area (Å²) in [6.07, 6.45) is 6.30. The van der Waals surface area contributed by atoms with Crippen LogP contribution in [-0.4, -0.2) is 49.1 Å². The van der Waals surface area contributed by atoms with Gasteiger partial charge in [0.25, 0.3) is 10.1 Å². The minimum absolute atomic E-state index is 0. The van der Waals surface area contributed by atoms with Crippen LogP contribution in [-0.2, 0) is 10.1 Å². The van der Waals surface area contributed by atoms with Crippen molar-refractivity contribution in [2.24, 2.45) is 5.92 Å². The molecule has 1 aliphatic carbocycles. The molecule has 1 fully saturated rings. The summed E-state index contributed by atoms with van der Waals surface area (Å²) in [5.41, 5.74) is 0. The van der Waals surface area contributed by atoms with Gasteiger partial charge in [-0.15, -0.1) is 0 Å². The van der Waals surface area contributed by atoms with Crippen molar-refractivity contribution in [3.8, 4) is 5.75 Å². The van der Waals surface area contributed by atoms with Gasteiger partial charge in [0.2, 0.25) is 0 Å². The number of ether oxygens (including phenoxy) is 1. The Morgan fingerprint density at radius 2 is 1.74 bits per heavy atom. The second-order valence-electron chi connectivity index (χ2n) is 4.73. The summed E-state index contributed by atoms with van der Waals surface area (Å²) in [5, 5.41) is 0. The fourth-order valence-corrected chi connectivity index (χ4v) is 2.83. The van der Waals surface area contributed by atoms with E-state index in [0.29, 0.717) is 12.4 Å². The van der Waals surface area contributed by atoms with E-state index in [4.69, 9.17) is 9.29 Å². The third-order valence-electron chi connectivity index (χ3n) is 3.39. The maximum atomic E-state index is 10.8. The first kappa shape index (κ1) is 17.0. The summed E-state index contributed by atoms with van der Waals surface area (Å²) in [6.45, 7) is 0.663. The Kier molecular flexibility index (Phi) is 6.83. The van der Waals surface area contributed by atoms with Crippen LogP contribution in [0.25, 0.3) is 0 Å². The van der Waals surface area contributed by atoms with Crippen LogP contribution in [0.3, 0.4) is 0 Å². The molecule has 0 radical (unpaired) electrons. The third-order valence-corrected chi connectivity index (χ3v) is 4.26. The van der Waals surface area contributed by atoms with E-state index in [1.807, 2.05) is 0 Å². The van der Waals surface area contributed by atoms with Gasteiger partial charge in [0, 0.05) is 0 Å². The van der Waals surface area contributed by atoms with Crippen molar-refractivity contribution in [1.29, 1.82) is 0 Å². The van der Waals surface area contributed by atoms with Crippen LogP contribution in [0.2, 0.25) is 0 Å². The SMILES string of the molecule is O=S(=O)(O)c1ccc(OCCC2CCCC2)cc1.[NaH]. The normalized spacial score (nSPS) is 16.1. The zero-order valence-corrected chi connectivity index (χ0v) is 11.0. The second kappa shape index (κ2) is 7.64. The number of benzene rings is 1. The first-order valence-electron chi connectivity index (χ1n) is 6.26. The quantitative estimate of drug-likeness (QED) is 0.668. The van der Waals surface area contributed by atoms with Crippen LogP contribution < -0.4 is 4.74 Å². The summed E-state index contributed by atoms with van der Waals surface area (Å²) in [7, 11) is -4.11. The van der Waals surface area contributed by atoms with Crippen LogP contribution >= 0.6 is 0 Å². The topological polar surface area (TPSA) is 63.6 Å². The summed E-state index contributed by atoms with van der Waals surface area (Å²) < 4.78 is 36.1. The van der Waals surface area contributed by atoms with Crippen molar-refractivity contribution >= 4 is 39.7 Å². The number of hydrogen-bond donors (Lipinski definition) is 1. The zero-order chi connectivity index (χ0) is 13.0. The molecule has 0 amide bonds. The average Bonchev–Trinajstić information content (AvgIpc) is 2.82. The molecule has 0 spiro atoms. The van der Waals surface area contributed by atoms with E-state index in [1.165, 1.54) is 37.8 Å². The van der Waals surface area contributed by atoms with Gasteiger partial charge >= 0.3 is 29.6 Å². The molecule has 0 atom stereocenters. The molecule has 19 heavy (non-hydrogen) atoms. The maximum absolute atomic E-state index is 10.8. The van der Waals surface area contributed by atoms with Crippen LogP contribution in [0.15, 0.2) is 29.2 Å². The summed E-state index contributed by atoms with van der Waals surface area (Å²) in [5.74, 6) is 1.42. The molecular weight excluding hydrogens is 275 g/mol. The molecular formula is C13H19NaO4S. The zero-order valence-electron chi connectivity index (χ0n) is 10.2. The van der Waals surface area contributed by atoms with Crippen molar-refractivity contribution in [2.75, 3.05) is 6.61 Å². The van der Waals surface area contributed by atoms with E-state index >= 15 is 0 Å². The Bertz CT molecular complexity index is 478. The molecule has 102 valence electrons. The van der Waals surface area contributed by atoms with E-state index in [2.05, 4.69) is 0 Å². The van der Waals surface area contributed by atoms with Gasteiger partial charge in [0.1, 0.15) is 5.75 Å². The molecule has 6 heteroatoms. The number of hydrogen-bond acceptors (Lipinski definition) is 3. The Hall–Kier alpha value is -0.0700. The Morgan fingerprint density at radius 3 is 2.26 bits per heavy atom. The van der Waals surface area contributed by atoms with Gasteiger partial charge < -0.3 is 4.74 Å². The number of rotatable bonds is 5. The van der Waals surface area contributed by atoms with Gasteiger partial charge in [-0.2, -0.15) is 8.42 Å². The fourth-order valence-electron chi connectivity index (χ4n) is 2.35. The monoisotopic (exact) mass is 294 g/mol. The second-order valence-corrected chi connectivity index (χ2v) is 6.16. The molecule has 1 saturated carbocycles. The molecule has 0 aliphatic heterocycles. The van der Waals surface area contributed by atoms with E-state index in [0.717, 1.165) is 12.3 Å². The van der Waals surface area contributed by atoms with Crippen molar-refractivity contribution in [1.82, 2.24) is 0 Å². The van der Waals surface area contributed by atoms with Gasteiger partial charge in [0.05, 0.1) is 11.5 Å². The van der Waals surface area contributed by atoms with E-state index < -0.39 is 10.1 Å². The third kappa shape index (κ3) is 5.44. The van der Waals surface area contributed by atoms with E-state index in [-0.39, 0.29) is 34.5 Å². The predicted molar refractivity (Wildman–Crippen MR) is 75.5 cm³/mol. The van der Waals surface area contributed by atoms with E-state index in [9.17, 15) is 8.42 Å². The van der Waals surface area contributed by atoms with Gasteiger partial charge in [0.15, 0.2) is 0 Å². The van der Waals surface area contributed by atoms with Gasteiger partial charge in [-0.3, -0.25) is 4.55 Å². The standard InChI is InChI=1S/C13H18O4S.Na.H/c14-18(15,16)13-7-5-12(6-8-13)17-10-9-11-3-1-2-4-11;;/h5-8,11H,1-4,9-10H2,(H,14,15,16);;. The summed E-state index contributed by atoms with van der Waals surface area (Å²) in [6, 6.07) is 5.83. The van der Waals surface area contributed by atoms with Crippen molar-refractivity contribution < 1.29 is 17.7 Å². The predicted octanol–water partition coefficient (Wildman–Crippen LogP) is 2.24. The minimum atomic E-state index is -4.11. The van der Waals surface area contributed by atoms with Crippen LogP contribution in [0.1, 0.15) is 32.1 Å². The van der Waals surface area contributed by atoms with E-state index in [1.54, 1.807) is 12.1 Å². The van der Waals surface area contributed by atoms with Crippen LogP contribution in [0, 0.1) is 5.92 Å². The molecule has 4 nitrogen and oxygen atoms in total. The Morgan fingerprint density at radius 1 is 1.16 bits per heavy atom. The molecule has 0 bridgehead atoms. The van der Waals surface area contributed by atoms with Gasteiger partial charge in [-0.05, 0) is 36.6 Å². The van der Waals surface area contributed by atoms with Crippen molar-refractivity contribution in [2.45, 2.75) is 37.0 Å². The first-order valence-corrected chi connectivity index (χ1v) is 7.70. The van der Waals surface area contributed by atoms with Crippen molar-refractivity contribution in [3.63, 3.8) is 0 Å². The van der Waals surface area contributed by atoms with Crippen LogP contribution in [0.5, 0.6) is 5.75 Å². The Labute approximate surface area is 136 Å². The fraction of sp³-hybridized carbons (Fsp3) is 0.538. The first-order chi connectivity index (χ1) is 8.55. The van der Waals surface area contributed by atoms with Gasteiger partial charge in [-0.1, -0.05) is 25.7 Å². The molecule has 1 N–H and O–H groups in total.